The van der Waals surface area contributed by atoms with Crippen LogP contribution in [0, 0.1) is 11.8 Å². The van der Waals surface area contributed by atoms with Crippen LogP contribution in [-0.4, -0.2) is 48.8 Å². The number of carboxylic acid groups (broad SMARTS) is 1. The zero-order valence-corrected chi connectivity index (χ0v) is 9.06. The minimum Gasteiger partial charge on any atom is -0.480 e. The summed E-state index contributed by atoms with van der Waals surface area (Å²) in [6.07, 6.45) is 0. The molecule has 0 spiro atoms. The van der Waals surface area contributed by atoms with Gasteiger partial charge in [-0.25, -0.2) is 0 Å². The molecule has 0 aromatic carbocycles. The first kappa shape index (κ1) is 11.5. The first-order chi connectivity index (χ1) is 6.56. The molecule has 1 aliphatic rings. The fourth-order valence-electron chi connectivity index (χ4n) is 1.72. The van der Waals surface area contributed by atoms with Crippen molar-refractivity contribution < 1.29 is 14.6 Å². The minimum absolute atomic E-state index is 0.278. The van der Waals surface area contributed by atoms with Crippen molar-refractivity contribution in [1.29, 1.82) is 0 Å². The van der Waals surface area contributed by atoms with Gasteiger partial charge in [0, 0.05) is 20.2 Å². The maximum atomic E-state index is 10.9. The number of aliphatic carboxylic acids is 1. The number of hydrogen-bond acceptors (Lipinski definition) is 3. The Morgan fingerprint density at radius 3 is 2.50 bits per heavy atom. The minimum atomic E-state index is -0.783. The summed E-state index contributed by atoms with van der Waals surface area (Å²) in [6.45, 7) is 6.40. The Kier molecular flexibility index (Phi) is 3.89. The smallest absolute Gasteiger partial charge is 0.323 e. The number of ether oxygens (including phenoxy) is 1. The van der Waals surface area contributed by atoms with Gasteiger partial charge in [0.15, 0.2) is 0 Å². The maximum absolute atomic E-state index is 10.9. The van der Waals surface area contributed by atoms with Crippen molar-refractivity contribution in [3.63, 3.8) is 0 Å². The molecule has 0 amide bonds. The summed E-state index contributed by atoms with van der Waals surface area (Å²) < 4.78 is 4.90. The molecule has 1 unspecified atom stereocenters. The molecule has 4 nitrogen and oxygen atoms in total. The van der Waals surface area contributed by atoms with Crippen molar-refractivity contribution in [2.75, 3.05) is 26.8 Å². The summed E-state index contributed by atoms with van der Waals surface area (Å²) in [7, 11) is 1.54. The molecule has 0 radical (unpaired) electrons. The predicted molar refractivity (Wildman–Crippen MR) is 53.2 cm³/mol. The fourth-order valence-corrected chi connectivity index (χ4v) is 1.72. The first-order valence-electron chi connectivity index (χ1n) is 5.02. The van der Waals surface area contributed by atoms with Gasteiger partial charge in [-0.2, -0.15) is 0 Å². The molecule has 0 saturated carbocycles. The van der Waals surface area contributed by atoms with E-state index in [1.54, 1.807) is 0 Å². The Hall–Kier alpha value is -0.610. The zero-order chi connectivity index (χ0) is 10.7. The molecular formula is C10H19NO3. The van der Waals surface area contributed by atoms with Gasteiger partial charge in [-0.15, -0.1) is 0 Å². The Bertz CT molecular complexity index is 200. The van der Waals surface area contributed by atoms with Crippen molar-refractivity contribution in [2.24, 2.45) is 11.8 Å². The van der Waals surface area contributed by atoms with E-state index in [-0.39, 0.29) is 6.61 Å². The molecule has 0 aromatic heterocycles. The van der Waals surface area contributed by atoms with Crippen molar-refractivity contribution in [1.82, 2.24) is 4.90 Å². The molecule has 1 fully saturated rings. The lowest BCUT2D eigenvalue weighted by Crippen LogP contribution is -2.57. The standard InChI is InChI=1S/C10H19NO3/c1-7(2)8-4-11(5-8)9(6-14-3)10(12)13/h7-9H,4-6H2,1-3H3,(H,12,13). The van der Waals surface area contributed by atoms with E-state index < -0.39 is 12.0 Å². The van der Waals surface area contributed by atoms with Crippen LogP contribution >= 0.6 is 0 Å². The van der Waals surface area contributed by atoms with Crippen LogP contribution in [0.3, 0.4) is 0 Å². The Balaban J connectivity index is 2.38. The lowest BCUT2D eigenvalue weighted by Gasteiger charge is -2.44. The zero-order valence-electron chi connectivity index (χ0n) is 9.06. The summed E-state index contributed by atoms with van der Waals surface area (Å²) in [5.74, 6) is 0.506. The van der Waals surface area contributed by atoms with Gasteiger partial charge in [0.2, 0.25) is 0 Å². The van der Waals surface area contributed by atoms with E-state index in [2.05, 4.69) is 13.8 Å². The van der Waals surface area contributed by atoms with Crippen LogP contribution in [0.5, 0.6) is 0 Å². The highest BCUT2D eigenvalue weighted by atomic mass is 16.5. The molecule has 1 atom stereocenters. The molecule has 1 saturated heterocycles. The van der Waals surface area contributed by atoms with E-state index in [9.17, 15) is 4.79 Å². The predicted octanol–water partition coefficient (Wildman–Crippen LogP) is 0.674. The van der Waals surface area contributed by atoms with Crippen molar-refractivity contribution in [3.05, 3.63) is 0 Å². The molecule has 0 aliphatic carbocycles. The van der Waals surface area contributed by atoms with Crippen molar-refractivity contribution in [2.45, 2.75) is 19.9 Å². The Morgan fingerprint density at radius 2 is 2.14 bits per heavy atom. The third-order valence-electron chi connectivity index (χ3n) is 2.93. The largest absolute Gasteiger partial charge is 0.480 e. The van der Waals surface area contributed by atoms with Crippen molar-refractivity contribution in [3.8, 4) is 0 Å². The van der Waals surface area contributed by atoms with E-state index >= 15 is 0 Å². The number of nitrogens with zero attached hydrogens (tertiary/aromatic N) is 1. The first-order valence-corrected chi connectivity index (χ1v) is 5.02. The number of likely N-dealkylation sites (tertiary alicyclic amines) is 1. The molecular weight excluding hydrogens is 182 g/mol. The van der Waals surface area contributed by atoms with Crippen LogP contribution in [0.1, 0.15) is 13.8 Å². The second-order valence-electron chi connectivity index (χ2n) is 4.27. The molecule has 1 rings (SSSR count). The third-order valence-corrected chi connectivity index (χ3v) is 2.93. The summed E-state index contributed by atoms with van der Waals surface area (Å²) in [6, 6.07) is -0.463. The van der Waals surface area contributed by atoms with E-state index in [4.69, 9.17) is 9.84 Å². The number of methoxy groups -OCH3 is 1. The normalized spacial score (nSPS) is 20.9. The van der Waals surface area contributed by atoms with Crippen LogP contribution in [-0.2, 0) is 9.53 Å². The highest BCUT2D eigenvalue weighted by Gasteiger charge is 2.37. The van der Waals surface area contributed by atoms with Gasteiger partial charge in [0.1, 0.15) is 6.04 Å². The lowest BCUT2D eigenvalue weighted by molar-refractivity contribution is -0.149. The molecule has 1 aliphatic heterocycles. The van der Waals surface area contributed by atoms with E-state index in [0.717, 1.165) is 13.1 Å². The number of carbonyl (C=O) groups is 1. The average molecular weight is 201 g/mol. The second kappa shape index (κ2) is 4.75. The SMILES string of the molecule is COCC(C(=O)O)N1CC(C(C)C)C1. The van der Waals surface area contributed by atoms with Gasteiger partial charge < -0.3 is 9.84 Å². The monoisotopic (exact) mass is 201 g/mol. The summed E-state index contributed by atoms with van der Waals surface area (Å²) in [4.78, 5) is 12.8. The molecule has 82 valence electrons. The summed E-state index contributed by atoms with van der Waals surface area (Å²) >= 11 is 0. The number of carboxylic acids is 1. The highest BCUT2D eigenvalue weighted by molar-refractivity contribution is 5.73. The van der Waals surface area contributed by atoms with E-state index in [0.29, 0.717) is 11.8 Å². The second-order valence-corrected chi connectivity index (χ2v) is 4.27. The van der Waals surface area contributed by atoms with Gasteiger partial charge >= 0.3 is 5.97 Å². The van der Waals surface area contributed by atoms with Crippen LogP contribution in [0.25, 0.3) is 0 Å². The van der Waals surface area contributed by atoms with Gasteiger partial charge in [0.25, 0.3) is 0 Å². The van der Waals surface area contributed by atoms with Crippen LogP contribution in [0.2, 0.25) is 0 Å². The number of hydrogen-bond donors (Lipinski definition) is 1. The van der Waals surface area contributed by atoms with E-state index in [1.165, 1.54) is 7.11 Å². The van der Waals surface area contributed by atoms with Gasteiger partial charge in [-0.1, -0.05) is 13.8 Å². The third kappa shape index (κ3) is 2.45. The molecule has 1 heterocycles. The molecule has 0 bridgehead atoms. The van der Waals surface area contributed by atoms with Crippen LogP contribution in [0.15, 0.2) is 0 Å². The van der Waals surface area contributed by atoms with Gasteiger partial charge in [-0.05, 0) is 11.8 Å². The quantitative estimate of drug-likeness (QED) is 0.710. The maximum Gasteiger partial charge on any atom is 0.323 e. The molecule has 1 N–H and O–H groups in total. The average Bonchev–Trinajstić information content (AvgIpc) is 1.99. The lowest BCUT2D eigenvalue weighted by atomic mass is 9.87. The van der Waals surface area contributed by atoms with E-state index in [1.807, 2.05) is 4.90 Å². The number of rotatable bonds is 5. The van der Waals surface area contributed by atoms with Crippen LogP contribution in [0.4, 0.5) is 0 Å². The van der Waals surface area contributed by atoms with Crippen LogP contribution < -0.4 is 0 Å². The highest BCUT2D eigenvalue weighted by Crippen LogP contribution is 2.25. The Labute approximate surface area is 84.8 Å². The molecule has 4 heteroatoms. The fraction of sp³-hybridized carbons (Fsp3) is 0.900. The van der Waals surface area contributed by atoms with Crippen molar-refractivity contribution >= 4 is 5.97 Å². The Morgan fingerprint density at radius 1 is 1.57 bits per heavy atom. The topological polar surface area (TPSA) is 49.8 Å². The van der Waals surface area contributed by atoms with Gasteiger partial charge in [-0.3, -0.25) is 9.69 Å². The molecule has 14 heavy (non-hydrogen) atoms. The summed E-state index contributed by atoms with van der Waals surface area (Å²) in [5.41, 5.74) is 0. The molecule has 0 aromatic rings. The summed E-state index contributed by atoms with van der Waals surface area (Å²) in [5, 5.41) is 8.94. The van der Waals surface area contributed by atoms with Gasteiger partial charge in [0.05, 0.1) is 6.61 Å².